The molecule has 1 aromatic rings. The van der Waals surface area contributed by atoms with Crippen molar-refractivity contribution >= 4 is 17.5 Å². The molecule has 0 spiro atoms. The van der Waals surface area contributed by atoms with Crippen LogP contribution in [0.2, 0.25) is 0 Å². The number of aromatic nitrogens is 2. The Labute approximate surface area is 112 Å². The summed E-state index contributed by atoms with van der Waals surface area (Å²) in [5, 5.41) is 11.4. The number of anilines is 3. The lowest BCUT2D eigenvalue weighted by molar-refractivity contribution is 0.104. The minimum atomic E-state index is 0.104. The van der Waals surface area contributed by atoms with Gasteiger partial charge in [0.2, 0.25) is 11.8 Å². The zero-order valence-electron chi connectivity index (χ0n) is 11.1. The molecule has 0 atom stereocenters. The van der Waals surface area contributed by atoms with Gasteiger partial charge in [-0.2, -0.15) is 9.97 Å². The fraction of sp³-hybridized carbons (Fsp3) is 0.636. The van der Waals surface area contributed by atoms with Crippen LogP contribution in [0.5, 0.6) is 5.88 Å². The minimum Gasteiger partial charge on any atom is -0.476 e. The van der Waals surface area contributed by atoms with Crippen molar-refractivity contribution in [2.75, 3.05) is 50.3 Å². The quantitative estimate of drug-likeness (QED) is 0.456. The highest BCUT2D eigenvalue weighted by Crippen LogP contribution is 2.26. The summed E-state index contributed by atoms with van der Waals surface area (Å²) in [7, 11) is 1.69. The predicted octanol–water partition coefficient (Wildman–Crippen LogP) is -0.149. The van der Waals surface area contributed by atoms with Crippen molar-refractivity contribution in [1.82, 2.24) is 9.97 Å². The summed E-state index contributed by atoms with van der Waals surface area (Å²) in [6.45, 7) is 1.66. The highest BCUT2D eigenvalue weighted by molar-refractivity contribution is 5.68. The fourth-order valence-corrected chi connectivity index (χ4v) is 1.36. The number of nitrogens with two attached hydrogens (primary N) is 2. The summed E-state index contributed by atoms with van der Waals surface area (Å²) in [6, 6.07) is 0. The van der Waals surface area contributed by atoms with Gasteiger partial charge in [0, 0.05) is 33.3 Å². The van der Waals surface area contributed by atoms with Crippen molar-refractivity contribution in [3.63, 3.8) is 0 Å². The maximum Gasteiger partial charge on any atom is 0.244 e. The highest BCUT2D eigenvalue weighted by atomic mass is 16.5. The summed E-state index contributed by atoms with van der Waals surface area (Å²) in [6.07, 6.45) is 1.34. The van der Waals surface area contributed by atoms with Crippen LogP contribution in [0, 0.1) is 0 Å². The minimum absolute atomic E-state index is 0.104. The van der Waals surface area contributed by atoms with Crippen LogP contribution in [0.1, 0.15) is 12.8 Å². The third-order valence-corrected chi connectivity index (χ3v) is 2.28. The summed E-state index contributed by atoms with van der Waals surface area (Å²) in [4.78, 5) is 7.87. The molecule has 0 radical (unpaired) electrons. The van der Waals surface area contributed by atoms with E-state index in [1.54, 1.807) is 7.05 Å². The number of hydrogen-bond donors (Lipinski definition) is 4. The van der Waals surface area contributed by atoms with Crippen LogP contribution in [-0.2, 0) is 4.74 Å². The smallest absolute Gasteiger partial charge is 0.244 e. The molecular weight excluding hydrogens is 250 g/mol. The van der Waals surface area contributed by atoms with Gasteiger partial charge < -0.3 is 31.4 Å². The summed E-state index contributed by atoms with van der Waals surface area (Å²) in [5.41, 5.74) is 11.7. The zero-order valence-corrected chi connectivity index (χ0v) is 11.1. The molecule has 8 nitrogen and oxygen atoms in total. The SMILES string of the molecule is CNc1nc(N)nc(OCCCOCCCO)c1N. The molecule has 1 heterocycles. The van der Waals surface area contributed by atoms with Gasteiger partial charge in [-0.25, -0.2) is 0 Å². The number of aliphatic hydroxyl groups is 1. The molecule has 0 saturated heterocycles. The van der Waals surface area contributed by atoms with Crippen molar-refractivity contribution in [2.45, 2.75) is 12.8 Å². The van der Waals surface area contributed by atoms with Gasteiger partial charge in [0.1, 0.15) is 5.69 Å². The molecule has 0 bridgehead atoms. The van der Waals surface area contributed by atoms with Crippen molar-refractivity contribution in [3.05, 3.63) is 0 Å². The number of ether oxygens (including phenoxy) is 2. The molecule has 0 unspecified atom stereocenters. The first-order chi connectivity index (χ1) is 9.19. The highest BCUT2D eigenvalue weighted by Gasteiger charge is 2.10. The lowest BCUT2D eigenvalue weighted by atomic mass is 10.4. The van der Waals surface area contributed by atoms with Crippen LogP contribution in [-0.4, -0.2) is 48.5 Å². The fourth-order valence-electron chi connectivity index (χ4n) is 1.36. The molecule has 0 fully saturated rings. The van der Waals surface area contributed by atoms with Gasteiger partial charge >= 0.3 is 0 Å². The molecule has 1 rings (SSSR count). The predicted molar refractivity (Wildman–Crippen MR) is 73.0 cm³/mol. The van der Waals surface area contributed by atoms with Crippen LogP contribution in [0.3, 0.4) is 0 Å². The lowest BCUT2D eigenvalue weighted by Crippen LogP contribution is -2.10. The molecule has 108 valence electrons. The number of rotatable bonds is 9. The van der Waals surface area contributed by atoms with Crippen molar-refractivity contribution in [3.8, 4) is 5.88 Å². The maximum atomic E-state index is 8.57. The topological polar surface area (TPSA) is 129 Å². The average Bonchev–Trinajstić information content (AvgIpc) is 2.41. The number of nitrogen functional groups attached to an aromatic ring is 2. The van der Waals surface area contributed by atoms with Crippen LogP contribution in [0.15, 0.2) is 0 Å². The normalized spacial score (nSPS) is 10.4. The average molecular weight is 271 g/mol. The Bertz CT molecular complexity index is 389. The Morgan fingerprint density at radius 3 is 2.58 bits per heavy atom. The van der Waals surface area contributed by atoms with E-state index in [4.69, 9.17) is 26.0 Å². The number of nitrogens with one attached hydrogen (secondary N) is 1. The molecular formula is C11H21N5O3. The van der Waals surface area contributed by atoms with Gasteiger partial charge in [-0.3, -0.25) is 0 Å². The zero-order chi connectivity index (χ0) is 14.1. The van der Waals surface area contributed by atoms with Crippen molar-refractivity contribution < 1.29 is 14.6 Å². The maximum absolute atomic E-state index is 8.57. The van der Waals surface area contributed by atoms with E-state index in [0.29, 0.717) is 44.2 Å². The van der Waals surface area contributed by atoms with Crippen molar-refractivity contribution in [2.24, 2.45) is 0 Å². The van der Waals surface area contributed by atoms with Gasteiger partial charge in [-0.15, -0.1) is 0 Å². The molecule has 1 aromatic heterocycles. The van der Waals surface area contributed by atoms with E-state index < -0.39 is 0 Å². The summed E-state index contributed by atoms with van der Waals surface area (Å²) in [5.74, 6) is 0.821. The monoisotopic (exact) mass is 271 g/mol. The lowest BCUT2D eigenvalue weighted by Gasteiger charge is -2.11. The first-order valence-corrected chi connectivity index (χ1v) is 6.11. The number of nitrogens with zero attached hydrogens (tertiary/aromatic N) is 2. The van der Waals surface area contributed by atoms with Crippen LogP contribution >= 0.6 is 0 Å². The summed E-state index contributed by atoms with van der Waals surface area (Å²) < 4.78 is 10.7. The van der Waals surface area contributed by atoms with Crippen LogP contribution < -0.4 is 21.5 Å². The van der Waals surface area contributed by atoms with Gasteiger partial charge in [0.25, 0.3) is 0 Å². The molecule has 0 aliphatic carbocycles. The molecule has 6 N–H and O–H groups in total. The second-order valence-electron chi connectivity index (χ2n) is 3.79. The van der Waals surface area contributed by atoms with Gasteiger partial charge in [0.15, 0.2) is 5.82 Å². The molecule has 0 aliphatic heterocycles. The third kappa shape index (κ3) is 5.14. The number of aliphatic hydroxyl groups excluding tert-OH is 1. The van der Waals surface area contributed by atoms with Crippen LogP contribution in [0.25, 0.3) is 0 Å². The Balaban J connectivity index is 2.35. The van der Waals surface area contributed by atoms with E-state index in [1.807, 2.05) is 0 Å². The molecule has 8 heteroatoms. The van der Waals surface area contributed by atoms with Gasteiger partial charge in [-0.05, 0) is 6.42 Å². The first kappa shape index (κ1) is 15.3. The van der Waals surface area contributed by atoms with Crippen molar-refractivity contribution in [1.29, 1.82) is 0 Å². The molecule has 0 amide bonds. The Kier molecular flexibility index (Phi) is 6.69. The Morgan fingerprint density at radius 2 is 1.89 bits per heavy atom. The molecule has 0 aliphatic rings. The molecule has 19 heavy (non-hydrogen) atoms. The Morgan fingerprint density at radius 1 is 1.16 bits per heavy atom. The third-order valence-electron chi connectivity index (χ3n) is 2.28. The molecule has 0 aromatic carbocycles. The van der Waals surface area contributed by atoms with E-state index in [-0.39, 0.29) is 18.4 Å². The van der Waals surface area contributed by atoms with E-state index in [1.165, 1.54) is 0 Å². The standard InChI is InChI=1S/C11H21N5O3/c1-14-9-8(12)10(16-11(13)15-9)19-7-3-6-18-5-2-4-17/h17H,2-7,12H2,1H3,(H3,13,14,15,16). The number of hydrogen-bond acceptors (Lipinski definition) is 8. The largest absolute Gasteiger partial charge is 0.476 e. The second kappa shape index (κ2) is 8.33. The molecule has 0 saturated carbocycles. The van der Waals surface area contributed by atoms with Crippen LogP contribution in [0.4, 0.5) is 17.5 Å². The first-order valence-electron chi connectivity index (χ1n) is 6.11. The Hall–Kier alpha value is -1.80. The van der Waals surface area contributed by atoms with E-state index in [9.17, 15) is 0 Å². The van der Waals surface area contributed by atoms with Gasteiger partial charge in [0.05, 0.1) is 6.61 Å². The van der Waals surface area contributed by atoms with E-state index in [2.05, 4.69) is 15.3 Å². The van der Waals surface area contributed by atoms with Gasteiger partial charge in [-0.1, -0.05) is 0 Å². The van der Waals surface area contributed by atoms with E-state index in [0.717, 1.165) is 0 Å². The van der Waals surface area contributed by atoms with E-state index >= 15 is 0 Å². The summed E-state index contributed by atoms with van der Waals surface area (Å²) >= 11 is 0. The second-order valence-corrected chi connectivity index (χ2v) is 3.79.